The molecule has 4 N–H and O–H groups in total. The lowest BCUT2D eigenvalue weighted by Gasteiger charge is -2.24. The predicted molar refractivity (Wildman–Crippen MR) is 75.5 cm³/mol. The molecule has 1 aliphatic rings. The Morgan fingerprint density at radius 2 is 1.95 bits per heavy atom. The molecule has 0 unspecified atom stereocenters. The van der Waals surface area contributed by atoms with Gasteiger partial charge in [-0.2, -0.15) is 0 Å². The number of carbonyl (C=O) groups excluding carboxylic acids is 1. The summed E-state index contributed by atoms with van der Waals surface area (Å²) in [6, 6.07) is 2.66. The molecule has 6 nitrogen and oxygen atoms in total. The first-order valence-electron chi connectivity index (χ1n) is 6.93. The van der Waals surface area contributed by atoms with Crippen molar-refractivity contribution in [3.63, 3.8) is 0 Å². The smallest absolute Gasteiger partial charge is 0.274 e. The lowest BCUT2D eigenvalue weighted by molar-refractivity contribution is -0.121. The number of carbonyl (C=O) groups is 1. The maximum absolute atomic E-state index is 13.9. The van der Waals surface area contributed by atoms with Gasteiger partial charge < -0.3 is 10.4 Å². The van der Waals surface area contributed by atoms with E-state index in [1.165, 1.54) is 6.07 Å². The molecule has 1 aromatic carbocycles. The number of aliphatic hydroxyl groups excluding tert-OH is 1. The van der Waals surface area contributed by atoms with Crippen LogP contribution in [0.2, 0.25) is 0 Å². The molecule has 0 saturated heterocycles. The van der Waals surface area contributed by atoms with Gasteiger partial charge in [0.2, 0.25) is 5.91 Å². The summed E-state index contributed by atoms with van der Waals surface area (Å²) in [6.07, 6.45) is 2.14. The van der Waals surface area contributed by atoms with Crippen molar-refractivity contribution < 1.29 is 14.3 Å². The Bertz CT molecular complexity index is 729. The highest BCUT2D eigenvalue weighted by atomic mass is 19.1. The topological polar surface area (TPSA) is 98.0 Å². The highest BCUT2D eigenvalue weighted by molar-refractivity contribution is 5.95. The molecule has 1 aliphatic carbocycles. The number of aromatic nitrogens is 2. The highest BCUT2D eigenvalue weighted by Crippen LogP contribution is 2.26. The van der Waals surface area contributed by atoms with Crippen molar-refractivity contribution >= 4 is 22.5 Å². The monoisotopic (exact) mass is 293 g/mol. The van der Waals surface area contributed by atoms with E-state index in [0.717, 1.165) is 6.07 Å². The van der Waals surface area contributed by atoms with E-state index >= 15 is 0 Å². The second kappa shape index (κ2) is 5.33. The van der Waals surface area contributed by atoms with Gasteiger partial charge in [-0.15, -0.1) is 0 Å². The number of aliphatic hydroxyl groups is 1. The van der Waals surface area contributed by atoms with Crippen molar-refractivity contribution in [3.8, 4) is 0 Å². The van der Waals surface area contributed by atoms with Crippen LogP contribution in [-0.4, -0.2) is 27.3 Å². The number of fused-ring (bicyclic) bond motifs is 1. The van der Waals surface area contributed by atoms with Crippen LogP contribution in [0, 0.1) is 11.7 Å². The van der Waals surface area contributed by atoms with Gasteiger partial charge in [0.15, 0.2) is 0 Å². The summed E-state index contributed by atoms with van der Waals surface area (Å²) >= 11 is 0. The molecule has 0 atom stereocenters. The van der Waals surface area contributed by atoms with Gasteiger partial charge in [0.05, 0.1) is 11.6 Å². The number of hydrogen-bond donors (Lipinski definition) is 4. The van der Waals surface area contributed by atoms with E-state index in [4.69, 9.17) is 0 Å². The Kier molecular flexibility index (Phi) is 3.50. The standard InChI is InChI=1S/C14H16FN3O3/c15-10-5-8(6-11-12(10)14(21)18-17-11)16-13(20)7-1-3-9(19)4-2-7/h5-7,9,19H,1-4H2,(H,16,20)(H2,17,18,21). The zero-order valence-corrected chi connectivity index (χ0v) is 11.3. The SMILES string of the molecule is O=C(Nc1cc(F)c2c(=O)[nH][nH]c2c1)C1CCC(O)CC1. The number of aromatic amines is 2. The summed E-state index contributed by atoms with van der Waals surface area (Å²) in [7, 11) is 0. The molecular weight excluding hydrogens is 277 g/mol. The van der Waals surface area contributed by atoms with E-state index < -0.39 is 11.4 Å². The second-order valence-corrected chi connectivity index (χ2v) is 5.45. The fourth-order valence-corrected chi connectivity index (χ4v) is 2.78. The number of rotatable bonds is 2. The average molecular weight is 293 g/mol. The maximum atomic E-state index is 13.9. The Morgan fingerprint density at radius 3 is 2.67 bits per heavy atom. The fourth-order valence-electron chi connectivity index (χ4n) is 2.78. The number of halogens is 1. The van der Waals surface area contributed by atoms with Gasteiger partial charge >= 0.3 is 0 Å². The minimum absolute atomic E-state index is 0.0474. The zero-order valence-electron chi connectivity index (χ0n) is 11.3. The number of H-pyrrole nitrogens is 2. The van der Waals surface area contributed by atoms with Crippen molar-refractivity contribution in [2.45, 2.75) is 31.8 Å². The molecule has 7 heteroatoms. The first-order valence-corrected chi connectivity index (χ1v) is 6.93. The maximum Gasteiger partial charge on any atom is 0.274 e. The molecule has 1 fully saturated rings. The van der Waals surface area contributed by atoms with Crippen molar-refractivity contribution in [3.05, 3.63) is 28.3 Å². The molecular formula is C14H16FN3O3. The van der Waals surface area contributed by atoms with Crippen LogP contribution in [0.5, 0.6) is 0 Å². The molecule has 1 amide bonds. The van der Waals surface area contributed by atoms with E-state index in [-0.39, 0.29) is 23.3 Å². The lowest BCUT2D eigenvalue weighted by atomic mass is 9.87. The predicted octanol–water partition coefficient (Wildman–Crippen LogP) is 1.48. The molecule has 0 bridgehead atoms. The van der Waals surface area contributed by atoms with Crippen molar-refractivity contribution in [2.24, 2.45) is 5.92 Å². The molecule has 3 rings (SSSR count). The number of nitrogens with one attached hydrogen (secondary N) is 3. The van der Waals surface area contributed by atoms with E-state index in [2.05, 4.69) is 15.5 Å². The summed E-state index contributed by atoms with van der Waals surface area (Å²) < 4.78 is 13.9. The van der Waals surface area contributed by atoms with E-state index in [1.54, 1.807) is 0 Å². The molecule has 1 heterocycles. The number of hydrogen-bond acceptors (Lipinski definition) is 3. The van der Waals surface area contributed by atoms with Gasteiger partial charge in [-0.05, 0) is 37.8 Å². The van der Waals surface area contributed by atoms with Crippen LogP contribution in [0.4, 0.5) is 10.1 Å². The van der Waals surface area contributed by atoms with Gasteiger partial charge in [0.1, 0.15) is 11.2 Å². The number of amides is 1. The largest absolute Gasteiger partial charge is 0.393 e. The van der Waals surface area contributed by atoms with E-state index in [0.29, 0.717) is 36.9 Å². The van der Waals surface area contributed by atoms with Crippen molar-refractivity contribution in [1.29, 1.82) is 0 Å². The number of benzene rings is 1. The fraction of sp³-hybridized carbons (Fsp3) is 0.429. The Morgan fingerprint density at radius 1 is 1.24 bits per heavy atom. The lowest BCUT2D eigenvalue weighted by Crippen LogP contribution is -2.28. The van der Waals surface area contributed by atoms with E-state index in [1.807, 2.05) is 0 Å². The van der Waals surface area contributed by atoms with Crippen LogP contribution < -0.4 is 10.9 Å². The summed E-state index contributed by atoms with van der Waals surface area (Å²) in [5, 5.41) is 16.9. The van der Waals surface area contributed by atoms with Crippen LogP contribution in [-0.2, 0) is 4.79 Å². The highest BCUT2D eigenvalue weighted by Gasteiger charge is 2.25. The van der Waals surface area contributed by atoms with Gasteiger partial charge in [-0.25, -0.2) is 4.39 Å². The quantitative estimate of drug-likeness (QED) is 0.675. The van der Waals surface area contributed by atoms with Crippen molar-refractivity contribution in [2.75, 3.05) is 5.32 Å². The molecule has 0 aliphatic heterocycles. The number of anilines is 1. The molecule has 1 saturated carbocycles. The minimum atomic E-state index is -0.677. The zero-order chi connectivity index (χ0) is 15.0. The third-order valence-electron chi connectivity index (χ3n) is 3.96. The van der Waals surface area contributed by atoms with Crippen LogP contribution in [0.3, 0.4) is 0 Å². The third-order valence-corrected chi connectivity index (χ3v) is 3.96. The molecule has 0 spiro atoms. The first kappa shape index (κ1) is 13.8. The summed E-state index contributed by atoms with van der Waals surface area (Å²) in [6.45, 7) is 0. The average Bonchev–Trinajstić information content (AvgIpc) is 2.81. The molecule has 112 valence electrons. The van der Waals surface area contributed by atoms with Gasteiger partial charge in [0, 0.05) is 11.6 Å². The third kappa shape index (κ3) is 2.69. The van der Waals surface area contributed by atoms with Crippen LogP contribution >= 0.6 is 0 Å². The van der Waals surface area contributed by atoms with Gasteiger partial charge in [-0.3, -0.25) is 19.8 Å². The van der Waals surface area contributed by atoms with Gasteiger partial charge in [-0.1, -0.05) is 0 Å². The first-order chi connectivity index (χ1) is 10.0. The van der Waals surface area contributed by atoms with Crippen LogP contribution in [0.15, 0.2) is 16.9 Å². The van der Waals surface area contributed by atoms with E-state index in [9.17, 15) is 19.1 Å². The normalized spacial score (nSPS) is 22.4. The summed E-state index contributed by atoms with van der Waals surface area (Å²) in [4.78, 5) is 23.5. The summed E-state index contributed by atoms with van der Waals surface area (Å²) in [5.41, 5.74) is 0.0994. The minimum Gasteiger partial charge on any atom is -0.393 e. The molecule has 21 heavy (non-hydrogen) atoms. The summed E-state index contributed by atoms with van der Waals surface area (Å²) in [5.74, 6) is -1.03. The Hall–Kier alpha value is -2.15. The molecule has 0 radical (unpaired) electrons. The molecule has 2 aromatic rings. The molecule has 1 aromatic heterocycles. The Labute approximate surface area is 119 Å². The Balaban J connectivity index is 1.78. The van der Waals surface area contributed by atoms with Gasteiger partial charge in [0.25, 0.3) is 5.56 Å². The van der Waals surface area contributed by atoms with Crippen LogP contribution in [0.1, 0.15) is 25.7 Å². The van der Waals surface area contributed by atoms with Crippen molar-refractivity contribution in [1.82, 2.24) is 10.2 Å². The second-order valence-electron chi connectivity index (χ2n) is 5.45. The van der Waals surface area contributed by atoms with Crippen LogP contribution in [0.25, 0.3) is 10.9 Å².